The van der Waals surface area contributed by atoms with Crippen LogP contribution in [-0.4, -0.2) is 25.5 Å². The summed E-state index contributed by atoms with van der Waals surface area (Å²) >= 11 is 0. The number of hydrogen-bond donors (Lipinski definition) is 3. The van der Waals surface area contributed by atoms with Crippen molar-refractivity contribution >= 4 is 28.9 Å². The van der Waals surface area contributed by atoms with Crippen molar-refractivity contribution in [2.24, 2.45) is 0 Å². The predicted molar refractivity (Wildman–Crippen MR) is 116 cm³/mol. The zero-order valence-electron chi connectivity index (χ0n) is 16.4. The molecule has 0 aromatic heterocycles. The number of carbonyl (C=O) groups is 2. The maximum absolute atomic E-state index is 12.3. The summed E-state index contributed by atoms with van der Waals surface area (Å²) in [7, 11) is 1.59. The second kappa shape index (κ2) is 9.41. The van der Waals surface area contributed by atoms with E-state index in [0.717, 1.165) is 17.0 Å². The van der Waals surface area contributed by atoms with Crippen LogP contribution < -0.4 is 20.7 Å². The number of anilines is 3. The molecule has 0 aliphatic heterocycles. The highest BCUT2D eigenvalue weighted by molar-refractivity contribution is 6.04. The fourth-order valence-corrected chi connectivity index (χ4v) is 2.72. The van der Waals surface area contributed by atoms with E-state index in [9.17, 15) is 9.59 Å². The van der Waals surface area contributed by atoms with E-state index in [-0.39, 0.29) is 18.4 Å². The average Bonchev–Trinajstić information content (AvgIpc) is 2.74. The molecule has 29 heavy (non-hydrogen) atoms. The summed E-state index contributed by atoms with van der Waals surface area (Å²) in [5.41, 5.74) is 3.81. The van der Waals surface area contributed by atoms with Gasteiger partial charge >= 0.3 is 0 Å². The Bertz CT molecular complexity index is 983. The van der Waals surface area contributed by atoms with Gasteiger partial charge in [-0.05, 0) is 67.6 Å². The number of ether oxygens (including phenoxy) is 1. The monoisotopic (exact) mass is 389 g/mol. The highest BCUT2D eigenvalue weighted by atomic mass is 16.5. The summed E-state index contributed by atoms with van der Waals surface area (Å²) in [5, 5.41) is 8.73. The summed E-state index contributed by atoms with van der Waals surface area (Å²) in [6, 6.07) is 21.8. The molecule has 0 saturated carbocycles. The first-order chi connectivity index (χ1) is 14.0. The summed E-state index contributed by atoms with van der Waals surface area (Å²) in [5.74, 6) is 0.413. The van der Waals surface area contributed by atoms with Gasteiger partial charge in [0.1, 0.15) is 5.75 Å². The third-order valence-electron chi connectivity index (χ3n) is 4.25. The van der Waals surface area contributed by atoms with E-state index in [2.05, 4.69) is 16.0 Å². The molecule has 2 amide bonds. The lowest BCUT2D eigenvalue weighted by molar-refractivity contribution is -0.114. The van der Waals surface area contributed by atoms with Crippen LogP contribution in [0, 0.1) is 6.92 Å². The number of methoxy groups -OCH3 is 1. The largest absolute Gasteiger partial charge is 0.497 e. The van der Waals surface area contributed by atoms with Crippen molar-refractivity contribution in [2.75, 3.05) is 29.6 Å². The maximum atomic E-state index is 12.3. The predicted octanol–water partition coefficient (Wildman–Crippen LogP) is 4.31. The number of nitrogens with one attached hydrogen (secondary N) is 3. The van der Waals surface area contributed by atoms with Gasteiger partial charge in [0.15, 0.2) is 0 Å². The van der Waals surface area contributed by atoms with Gasteiger partial charge < -0.3 is 20.7 Å². The summed E-state index contributed by atoms with van der Waals surface area (Å²) in [6.07, 6.45) is 0. The molecule has 6 nitrogen and oxygen atoms in total. The standard InChI is InChI=1S/C23H23N3O3/c1-16-4-3-5-17(14-16)23(28)26-20-8-6-18(7-9-20)24-15-22(27)25-19-10-12-21(29-2)13-11-19/h3-14,24H,15H2,1-2H3,(H,25,27)(H,26,28). The Morgan fingerprint density at radius 2 is 1.45 bits per heavy atom. The van der Waals surface area contributed by atoms with E-state index in [1.54, 1.807) is 49.6 Å². The van der Waals surface area contributed by atoms with Gasteiger partial charge in [0.25, 0.3) is 5.91 Å². The van der Waals surface area contributed by atoms with Crippen LogP contribution in [0.4, 0.5) is 17.1 Å². The topological polar surface area (TPSA) is 79.5 Å². The van der Waals surface area contributed by atoms with E-state index in [0.29, 0.717) is 16.9 Å². The van der Waals surface area contributed by atoms with Crippen LogP contribution in [0.2, 0.25) is 0 Å². The van der Waals surface area contributed by atoms with E-state index in [4.69, 9.17) is 4.74 Å². The van der Waals surface area contributed by atoms with Crippen molar-refractivity contribution in [3.05, 3.63) is 83.9 Å². The van der Waals surface area contributed by atoms with Crippen LogP contribution in [0.1, 0.15) is 15.9 Å². The maximum Gasteiger partial charge on any atom is 0.255 e. The number of hydrogen-bond acceptors (Lipinski definition) is 4. The Labute approximate surface area is 169 Å². The van der Waals surface area contributed by atoms with Gasteiger partial charge in [-0.2, -0.15) is 0 Å². The number of benzene rings is 3. The number of rotatable bonds is 7. The van der Waals surface area contributed by atoms with Crippen molar-refractivity contribution in [1.29, 1.82) is 0 Å². The first-order valence-electron chi connectivity index (χ1n) is 9.19. The molecule has 0 bridgehead atoms. The zero-order valence-corrected chi connectivity index (χ0v) is 16.4. The van der Waals surface area contributed by atoms with Crippen LogP contribution >= 0.6 is 0 Å². The van der Waals surface area contributed by atoms with E-state index < -0.39 is 0 Å². The van der Waals surface area contributed by atoms with Crippen molar-refractivity contribution in [3.8, 4) is 5.75 Å². The SMILES string of the molecule is COc1ccc(NC(=O)CNc2ccc(NC(=O)c3cccc(C)c3)cc2)cc1. The molecule has 0 atom stereocenters. The lowest BCUT2D eigenvalue weighted by atomic mass is 10.1. The highest BCUT2D eigenvalue weighted by Gasteiger charge is 2.07. The lowest BCUT2D eigenvalue weighted by Gasteiger charge is -2.10. The highest BCUT2D eigenvalue weighted by Crippen LogP contribution is 2.16. The van der Waals surface area contributed by atoms with Crippen molar-refractivity contribution in [2.45, 2.75) is 6.92 Å². The number of amides is 2. The lowest BCUT2D eigenvalue weighted by Crippen LogP contribution is -2.21. The first kappa shape index (κ1) is 19.9. The molecule has 3 rings (SSSR count). The molecule has 3 aromatic carbocycles. The molecule has 3 N–H and O–H groups in total. The molecule has 0 radical (unpaired) electrons. The van der Waals surface area contributed by atoms with Crippen molar-refractivity contribution < 1.29 is 14.3 Å². The molecule has 0 saturated heterocycles. The van der Waals surface area contributed by atoms with Crippen molar-refractivity contribution in [3.63, 3.8) is 0 Å². The van der Waals surface area contributed by atoms with E-state index in [1.807, 2.05) is 37.3 Å². The van der Waals surface area contributed by atoms with Crippen LogP contribution in [0.5, 0.6) is 5.75 Å². The van der Waals surface area contributed by atoms with Crippen LogP contribution in [0.3, 0.4) is 0 Å². The van der Waals surface area contributed by atoms with E-state index in [1.165, 1.54) is 0 Å². The Morgan fingerprint density at radius 1 is 0.828 bits per heavy atom. The molecular formula is C23H23N3O3. The Morgan fingerprint density at radius 3 is 2.10 bits per heavy atom. The van der Waals surface area contributed by atoms with Gasteiger partial charge in [0.2, 0.25) is 5.91 Å². The molecule has 0 unspecified atom stereocenters. The molecule has 0 heterocycles. The fourth-order valence-electron chi connectivity index (χ4n) is 2.72. The Balaban J connectivity index is 1.49. The van der Waals surface area contributed by atoms with Crippen LogP contribution in [0.25, 0.3) is 0 Å². The summed E-state index contributed by atoms with van der Waals surface area (Å²) < 4.78 is 5.09. The van der Waals surface area contributed by atoms with Gasteiger partial charge in [-0.3, -0.25) is 9.59 Å². The van der Waals surface area contributed by atoms with Gasteiger partial charge in [-0.15, -0.1) is 0 Å². The second-order valence-corrected chi connectivity index (χ2v) is 6.53. The minimum atomic E-state index is -0.160. The molecular weight excluding hydrogens is 366 g/mol. The van der Waals surface area contributed by atoms with E-state index >= 15 is 0 Å². The minimum absolute atomic E-state index is 0.126. The summed E-state index contributed by atoms with van der Waals surface area (Å²) in [4.78, 5) is 24.4. The molecule has 0 spiro atoms. The Hall–Kier alpha value is -3.80. The molecule has 0 aliphatic carbocycles. The van der Waals surface area contributed by atoms with Crippen molar-refractivity contribution in [1.82, 2.24) is 0 Å². The normalized spacial score (nSPS) is 10.1. The number of carbonyl (C=O) groups excluding carboxylic acids is 2. The molecule has 6 heteroatoms. The zero-order chi connectivity index (χ0) is 20.6. The smallest absolute Gasteiger partial charge is 0.255 e. The van der Waals surface area contributed by atoms with Gasteiger partial charge in [0, 0.05) is 22.6 Å². The fraction of sp³-hybridized carbons (Fsp3) is 0.130. The summed E-state index contributed by atoms with van der Waals surface area (Å²) in [6.45, 7) is 2.07. The average molecular weight is 389 g/mol. The third-order valence-corrected chi connectivity index (χ3v) is 4.25. The van der Waals surface area contributed by atoms with Gasteiger partial charge in [-0.25, -0.2) is 0 Å². The van der Waals surface area contributed by atoms with Gasteiger partial charge in [0.05, 0.1) is 13.7 Å². The third kappa shape index (κ3) is 5.84. The molecule has 148 valence electrons. The Kier molecular flexibility index (Phi) is 6.47. The van der Waals surface area contributed by atoms with Crippen LogP contribution in [0.15, 0.2) is 72.8 Å². The van der Waals surface area contributed by atoms with Crippen LogP contribution in [-0.2, 0) is 4.79 Å². The van der Waals surface area contributed by atoms with Gasteiger partial charge in [-0.1, -0.05) is 17.7 Å². The molecule has 3 aromatic rings. The minimum Gasteiger partial charge on any atom is -0.497 e. The molecule has 0 aliphatic rings. The second-order valence-electron chi connectivity index (χ2n) is 6.53. The number of aryl methyl sites for hydroxylation is 1. The quantitative estimate of drug-likeness (QED) is 0.563. The molecule has 0 fully saturated rings. The first-order valence-corrected chi connectivity index (χ1v) is 9.19.